The zero-order valence-electron chi connectivity index (χ0n) is 7.24. The highest BCUT2D eigenvalue weighted by Crippen LogP contribution is 1.91. The van der Waals surface area contributed by atoms with E-state index in [1.54, 1.807) is 0 Å². The van der Waals surface area contributed by atoms with Gasteiger partial charge in [-0.25, -0.2) is 0 Å². The van der Waals surface area contributed by atoms with Gasteiger partial charge in [0, 0.05) is 30.9 Å². The van der Waals surface area contributed by atoms with Crippen LogP contribution < -0.4 is 16.8 Å². The first-order valence-electron chi connectivity index (χ1n) is 4.15. The number of thiol groups is 2. The van der Waals surface area contributed by atoms with Crippen molar-refractivity contribution in [3.05, 3.63) is 0 Å². The third kappa shape index (κ3) is 6.14. The first-order chi connectivity index (χ1) is 5.74. The Labute approximate surface area is 85.5 Å². The van der Waals surface area contributed by atoms with Crippen LogP contribution in [0, 0.1) is 0 Å². The Balaban J connectivity index is 3.37. The fraction of sp³-hybridized carbons (Fsp3) is 1.00. The summed E-state index contributed by atoms with van der Waals surface area (Å²) >= 11 is 8.25. The predicted octanol–water partition coefficient (Wildman–Crippen LogP) is -0.520. The van der Waals surface area contributed by atoms with Gasteiger partial charge < -0.3 is 16.8 Å². The minimum atomic E-state index is 0.177. The fourth-order valence-corrected chi connectivity index (χ4v) is 1.42. The van der Waals surface area contributed by atoms with Crippen LogP contribution >= 0.6 is 25.3 Å². The van der Waals surface area contributed by atoms with Gasteiger partial charge in [0.2, 0.25) is 0 Å². The van der Waals surface area contributed by atoms with Crippen molar-refractivity contribution in [2.24, 2.45) is 11.5 Å². The average molecular weight is 209 g/mol. The van der Waals surface area contributed by atoms with Crippen molar-refractivity contribution in [3.8, 4) is 0 Å². The second kappa shape index (κ2) is 8.19. The highest BCUT2D eigenvalue weighted by atomic mass is 32.1. The molecule has 0 aromatic rings. The highest BCUT2D eigenvalue weighted by Gasteiger charge is 2.05. The van der Waals surface area contributed by atoms with Crippen LogP contribution in [-0.2, 0) is 0 Å². The summed E-state index contributed by atoms with van der Waals surface area (Å²) in [7, 11) is 0. The van der Waals surface area contributed by atoms with Gasteiger partial charge in [-0.05, 0) is 12.2 Å². The summed E-state index contributed by atoms with van der Waals surface area (Å²) < 4.78 is 0. The van der Waals surface area contributed by atoms with E-state index in [1.165, 1.54) is 0 Å². The maximum atomic E-state index is 5.76. The van der Waals surface area contributed by atoms with Crippen molar-refractivity contribution in [2.75, 3.05) is 24.6 Å². The van der Waals surface area contributed by atoms with Gasteiger partial charge in [0.1, 0.15) is 0 Å². The van der Waals surface area contributed by atoms with E-state index in [1.807, 2.05) is 0 Å². The SMILES string of the molecule is NC[C@H](CS)NC[C@@H](N)CCS. The van der Waals surface area contributed by atoms with Crippen molar-refractivity contribution in [1.82, 2.24) is 5.32 Å². The molecule has 0 saturated carbocycles. The molecule has 0 spiro atoms. The molecule has 5 heteroatoms. The van der Waals surface area contributed by atoms with Gasteiger partial charge in [-0.3, -0.25) is 0 Å². The Morgan fingerprint density at radius 3 is 2.42 bits per heavy atom. The summed E-state index contributed by atoms with van der Waals surface area (Å²) in [6.07, 6.45) is 0.931. The minimum absolute atomic E-state index is 0.177. The molecule has 0 aliphatic heterocycles. The molecule has 0 saturated heterocycles. The Morgan fingerprint density at radius 1 is 1.33 bits per heavy atom. The average Bonchev–Trinajstić information content (AvgIpc) is 2.07. The van der Waals surface area contributed by atoms with Gasteiger partial charge in [0.25, 0.3) is 0 Å². The van der Waals surface area contributed by atoms with E-state index >= 15 is 0 Å². The summed E-state index contributed by atoms with van der Waals surface area (Å²) in [5, 5.41) is 3.24. The van der Waals surface area contributed by atoms with Crippen molar-refractivity contribution >= 4 is 25.3 Å². The lowest BCUT2D eigenvalue weighted by Crippen LogP contribution is -2.44. The summed E-state index contributed by atoms with van der Waals surface area (Å²) in [5.41, 5.74) is 11.2. The number of hydrogen-bond donors (Lipinski definition) is 5. The van der Waals surface area contributed by atoms with Gasteiger partial charge in [-0.1, -0.05) is 0 Å². The summed E-state index contributed by atoms with van der Waals surface area (Å²) in [6.45, 7) is 1.40. The van der Waals surface area contributed by atoms with E-state index in [-0.39, 0.29) is 12.1 Å². The van der Waals surface area contributed by atoms with Crippen molar-refractivity contribution in [3.63, 3.8) is 0 Å². The molecule has 2 atom stereocenters. The largest absolute Gasteiger partial charge is 0.329 e. The van der Waals surface area contributed by atoms with Crippen molar-refractivity contribution in [1.29, 1.82) is 0 Å². The van der Waals surface area contributed by atoms with E-state index in [2.05, 4.69) is 30.6 Å². The van der Waals surface area contributed by atoms with Crippen LogP contribution in [-0.4, -0.2) is 36.7 Å². The first kappa shape index (κ1) is 12.6. The number of nitrogens with one attached hydrogen (secondary N) is 1. The topological polar surface area (TPSA) is 64.1 Å². The second-order valence-corrected chi connectivity index (χ2v) is 3.61. The lowest BCUT2D eigenvalue weighted by molar-refractivity contribution is 0.506. The van der Waals surface area contributed by atoms with Crippen molar-refractivity contribution in [2.45, 2.75) is 18.5 Å². The van der Waals surface area contributed by atoms with E-state index in [4.69, 9.17) is 11.5 Å². The zero-order valence-corrected chi connectivity index (χ0v) is 9.03. The molecule has 0 radical (unpaired) electrons. The maximum Gasteiger partial charge on any atom is 0.0278 e. The van der Waals surface area contributed by atoms with E-state index < -0.39 is 0 Å². The molecule has 0 aliphatic carbocycles. The lowest BCUT2D eigenvalue weighted by Gasteiger charge is -2.17. The fourth-order valence-electron chi connectivity index (χ4n) is 0.808. The molecule has 0 aliphatic rings. The van der Waals surface area contributed by atoms with Gasteiger partial charge in [0.05, 0.1) is 0 Å². The van der Waals surface area contributed by atoms with Crippen LogP contribution in [0.25, 0.3) is 0 Å². The van der Waals surface area contributed by atoms with E-state index in [9.17, 15) is 0 Å². The molecular weight excluding hydrogens is 190 g/mol. The molecular formula is C7H19N3S2. The van der Waals surface area contributed by atoms with Crippen LogP contribution in [0.1, 0.15) is 6.42 Å². The summed E-state index contributed by atoms with van der Waals surface area (Å²) in [5.74, 6) is 1.58. The van der Waals surface area contributed by atoms with E-state index in [0.29, 0.717) is 6.54 Å². The Hall–Kier alpha value is 0.580. The number of rotatable bonds is 7. The van der Waals surface area contributed by atoms with E-state index in [0.717, 1.165) is 24.5 Å². The highest BCUT2D eigenvalue weighted by molar-refractivity contribution is 7.80. The summed E-state index contributed by atoms with van der Waals surface area (Å²) in [4.78, 5) is 0. The molecule has 0 aromatic carbocycles. The molecule has 0 amide bonds. The molecule has 3 nitrogen and oxygen atoms in total. The molecule has 0 fully saturated rings. The maximum absolute atomic E-state index is 5.76. The molecule has 0 aromatic heterocycles. The first-order valence-corrected chi connectivity index (χ1v) is 5.41. The molecule has 0 heterocycles. The molecule has 5 N–H and O–H groups in total. The van der Waals surface area contributed by atoms with Crippen LogP contribution in [0.15, 0.2) is 0 Å². The standard InChI is InChI=1S/C7H19N3S2/c8-3-7(5-12)10-4-6(9)1-2-11/h6-7,10-12H,1-5,8-9H2/t6-,7+/m0/s1. The lowest BCUT2D eigenvalue weighted by atomic mass is 10.2. The van der Waals surface area contributed by atoms with Crippen LogP contribution in [0.4, 0.5) is 0 Å². The third-order valence-corrected chi connectivity index (χ3v) is 2.37. The van der Waals surface area contributed by atoms with Gasteiger partial charge >= 0.3 is 0 Å². The van der Waals surface area contributed by atoms with Gasteiger partial charge in [0.15, 0.2) is 0 Å². The molecule has 0 bridgehead atoms. The Kier molecular flexibility index (Phi) is 8.59. The van der Waals surface area contributed by atoms with Crippen molar-refractivity contribution < 1.29 is 0 Å². The molecule has 0 unspecified atom stereocenters. The predicted molar refractivity (Wildman–Crippen MR) is 61.1 cm³/mol. The number of nitrogens with two attached hydrogens (primary N) is 2. The zero-order chi connectivity index (χ0) is 9.40. The van der Waals surface area contributed by atoms with Gasteiger partial charge in [-0.2, -0.15) is 25.3 Å². The molecule has 12 heavy (non-hydrogen) atoms. The molecule has 0 rings (SSSR count). The quantitative estimate of drug-likeness (QED) is 0.367. The van der Waals surface area contributed by atoms with Crippen LogP contribution in [0.2, 0.25) is 0 Å². The smallest absolute Gasteiger partial charge is 0.0278 e. The normalized spacial score (nSPS) is 16.0. The third-order valence-electron chi connectivity index (χ3n) is 1.67. The number of hydrogen-bond acceptors (Lipinski definition) is 5. The van der Waals surface area contributed by atoms with Crippen LogP contribution in [0.3, 0.4) is 0 Å². The monoisotopic (exact) mass is 209 g/mol. The van der Waals surface area contributed by atoms with Crippen LogP contribution in [0.5, 0.6) is 0 Å². The Morgan fingerprint density at radius 2 is 2.00 bits per heavy atom. The molecule has 74 valence electrons. The van der Waals surface area contributed by atoms with Gasteiger partial charge in [-0.15, -0.1) is 0 Å². The Bertz CT molecular complexity index is 98.7. The minimum Gasteiger partial charge on any atom is -0.329 e. The second-order valence-electron chi connectivity index (χ2n) is 2.80. The summed E-state index contributed by atoms with van der Waals surface area (Å²) in [6, 6.07) is 0.454.